The van der Waals surface area contributed by atoms with E-state index < -0.39 is 0 Å². The Morgan fingerprint density at radius 2 is 1.64 bits per heavy atom. The van der Waals surface area contributed by atoms with Gasteiger partial charge in [0, 0.05) is 5.92 Å². The SMILES string of the molecule is Cc1ccc(C2COC(C)OC2)cc1. The van der Waals surface area contributed by atoms with Crippen LogP contribution in [0.5, 0.6) is 0 Å². The van der Waals surface area contributed by atoms with Crippen molar-refractivity contribution in [2.24, 2.45) is 0 Å². The van der Waals surface area contributed by atoms with Crippen LogP contribution in [-0.4, -0.2) is 19.5 Å². The molecular weight excluding hydrogens is 176 g/mol. The third kappa shape index (κ3) is 2.14. The molecule has 2 rings (SSSR count). The number of rotatable bonds is 1. The van der Waals surface area contributed by atoms with E-state index in [1.807, 2.05) is 6.92 Å². The molecule has 14 heavy (non-hydrogen) atoms. The average Bonchev–Trinajstić information content (AvgIpc) is 2.21. The zero-order valence-electron chi connectivity index (χ0n) is 8.69. The molecule has 0 spiro atoms. The zero-order chi connectivity index (χ0) is 9.97. The molecule has 2 heteroatoms. The summed E-state index contributed by atoms with van der Waals surface area (Å²) >= 11 is 0. The summed E-state index contributed by atoms with van der Waals surface area (Å²) in [5.41, 5.74) is 2.60. The van der Waals surface area contributed by atoms with Crippen molar-refractivity contribution >= 4 is 0 Å². The second kappa shape index (κ2) is 4.11. The molecule has 2 nitrogen and oxygen atoms in total. The predicted molar refractivity (Wildman–Crippen MR) is 55.3 cm³/mol. The van der Waals surface area contributed by atoms with Crippen molar-refractivity contribution in [2.75, 3.05) is 13.2 Å². The lowest BCUT2D eigenvalue weighted by Crippen LogP contribution is -2.28. The van der Waals surface area contributed by atoms with Gasteiger partial charge in [-0.05, 0) is 19.4 Å². The lowest BCUT2D eigenvalue weighted by Gasteiger charge is -2.27. The molecule has 1 saturated heterocycles. The second-order valence-electron chi connectivity index (χ2n) is 3.84. The van der Waals surface area contributed by atoms with E-state index in [9.17, 15) is 0 Å². The Labute approximate surface area is 84.8 Å². The van der Waals surface area contributed by atoms with Crippen molar-refractivity contribution in [3.8, 4) is 0 Å². The van der Waals surface area contributed by atoms with Crippen molar-refractivity contribution in [3.63, 3.8) is 0 Å². The number of benzene rings is 1. The zero-order valence-corrected chi connectivity index (χ0v) is 8.69. The van der Waals surface area contributed by atoms with Crippen molar-refractivity contribution in [1.29, 1.82) is 0 Å². The molecule has 0 N–H and O–H groups in total. The maximum atomic E-state index is 5.45. The van der Waals surface area contributed by atoms with Crippen molar-refractivity contribution in [2.45, 2.75) is 26.1 Å². The monoisotopic (exact) mass is 192 g/mol. The van der Waals surface area contributed by atoms with Gasteiger partial charge in [-0.25, -0.2) is 0 Å². The van der Waals surface area contributed by atoms with Crippen LogP contribution >= 0.6 is 0 Å². The van der Waals surface area contributed by atoms with Crippen LogP contribution in [0.2, 0.25) is 0 Å². The largest absolute Gasteiger partial charge is 0.352 e. The third-order valence-corrected chi connectivity index (χ3v) is 2.61. The topological polar surface area (TPSA) is 18.5 Å². The number of hydrogen-bond donors (Lipinski definition) is 0. The average molecular weight is 192 g/mol. The van der Waals surface area contributed by atoms with Crippen LogP contribution < -0.4 is 0 Å². The third-order valence-electron chi connectivity index (χ3n) is 2.61. The maximum Gasteiger partial charge on any atom is 0.154 e. The highest BCUT2D eigenvalue weighted by molar-refractivity contribution is 5.24. The standard InChI is InChI=1S/C12H16O2/c1-9-3-5-11(6-4-9)12-7-13-10(2)14-8-12/h3-6,10,12H,7-8H2,1-2H3. The molecule has 0 aliphatic carbocycles. The van der Waals surface area contributed by atoms with Crippen molar-refractivity contribution in [3.05, 3.63) is 35.4 Å². The molecule has 0 atom stereocenters. The Balaban J connectivity index is 2.05. The molecule has 1 fully saturated rings. The fraction of sp³-hybridized carbons (Fsp3) is 0.500. The molecular formula is C12H16O2. The van der Waals surface area contributed by atoms with Crippen molar-refractivity contribution < 1.29 is 9.47 Å². The first-order chi connectivity index (χ1) is 6.75. The molecule has 0 radical (unpaired) electrons. The van der Waals surface area contributed by atoms with E-state index >= 15 is 0 Å². The normalized spacial score (nSPS) is 27.6. The van der Waals surface area contributed by atoms with Gasteiger partial charge in [0.1, 0.15) is 0 Å². The van der Waals surface area contributed by atoms with Gasteiger partial charge in [-0.1, -0.05) is 29.8 Å². The minimum absolute atomic E-state index is 0.0447. The van der Waals surface area contributed by atoms with Gasteiger partial charge in [0.25, 0.3) is 0 Å². The van der Waals surface area contributed by atoms with E-state index in [-0.39, 0.29) is 6.29 Å². The van der Waals surface area contributed by atoms with Gasteiger partial charge in [0.15, 0.2) is 6.29 Å². The molecule has 1 heterocycles. The number of ether oxygens (including phenoxy) is 2. The molecule has 0 unspecified atom stereocenters. The fourth-order valence-electron chi connectivity index (χ4n) is 1.63. The smallest absolute Gasteiger partial charge is 0.154 e. The summed E-state index contributed by atoms with van der Waals surface area (Å²) in [6, 6.07) is 8.58. The first kappa shape index (κ1) is 9.69. The van der Waals surface area contributed by atoms with Crippen LogP contribution in [0.15, 0.2) is 24.3 Å². The van der Waals surface area contributed by atoms with Gasteiger partial charge in [-0.2, -0.15) is 0 Å². The lowest BCUT2D eigenvalue weighted by molar-refractivity contribution is -0.176. The summed E-state index contributed by atoms with van der Waals surface area (Å²) in [7, 11) is 0. The number of aryl methyl sites for hydroxylation is 1. The minimum Gasteiger partial charge on any atom is -0.352 e. The van der Waals surface area contributed by atoms with Gasteiger partial charge >= 0.3 is 0 Å². The Morgan fingerprint density at radius 1 is 1.07 bits per heavy atom. The first-order valence-corrected chi connectivity index (χ1v) is 5.05. The molecule has 1 aliphatic heterocycles. The van der Waals surface area contributed by atoms with Crippen LogP contribution in [0.1, 0.15) is 24.0 Å². The minimum atomic E-state index is -0.0447. The van der Waals surface area contributed by atoms with Gasteiger partial charge in [0.05, 0.1) is 13.2 Å². The summed E-state index contributed by atoms with van der Waals surface area (Å²) in [6.45, 7) is 5.57. The fourth-order valence-corrected chi connectivity index (χ4v) is 1.63. The van der Waals surface area contributed by atoms with Gasteiger partial charge in [-0.15, -0.1) is 0 Å². The Hall–Kier alpha value is -0.860. The highest BCUT2D eigenvalue weighted by Gasteiger charge is 2.20. The van der Waals surface area contributed by atoms with E-state index in [4.69, 9.17) is 9.47 Å². The Bertz CT molecular complexity index is 284. The highest BCUT2D eigenvalue weighted by Crippen LogP contribution is 2.22. The number of hydrogen-bond acceptors (Lipinski definition) is 2. The van der Waals surface area contributed by atoms with Crippen LogP contribution in [-0.2, 0) is 9.47 Å². The van der Waals surface area contributed by atoms with E-state index in [1.54, 1.807) is 0 Å². The predicted octanol–water partition coefficient (Wildman–Crippen LogP) is 2.47. The van der Waals surface area contributed by atoms with Crippen LogP contribution in [0, 0.1) is 6.92 Å². The summed E-state index contributed by atoms with van der Waals surface area (Å²) in [5, 5.41) is 0. The molecule has 1 aromatic carbocycles. The Kier molecular flexibility index (Phi) is 2.85. The molecule has 1 aromatic rings. The highest BCUT2D eigenvalue weighted by atomic mass is 16.7. The molecule has 0 amide bonds. The summed E-state index contributed by atoms with van der Waals surface area (Å²) < 4.78 is 10.9. The summed E-state index contributed by atoms with van der Waals surface area (Å²) in [4.78, 5) is 0. The lowest BCUT2D eigenvalue weighted by atomic mass is 9.99. The molecule has 0 saturated carbocycles. The quantitative estimate of drug-likeness (QED) is 0.680. The van der Waals surface area contributed by atoms with E-state index in [1.165, 1.54) is 11.1 Å². The van der Waals surface area contributed by atoms with Crippen LogP contribution in [0.25, 0.3) is 0 Å². The van der Waals surface area contributed by atoms with Gasteiger partial charge in [0.2, 0.25) is 0 Å². The molecule has 0 bridgehead atoms. The van der Waals surface area contributed by atoms with Gasteiger partial charge in [-0.3, -0.25) is 0 Å². The summed E-state index contributed by atoms with van der Waals surface area (Å²) in [5.74, 6) is 0.395. The van der Waals surface area contributed by atoms with Crippen molar-refractivity contribution in [1.82, 2.24) is 0 Å². The van der Waals surface area contributed by atoms with E-state index in [0.717, 1.165) is 13.2 Å². The summed E-state index contributed by atoms with van der Waals surface area (Å²) in [6.07, 6.45) is -0.0447. The second-order valence-corrected chi connectivity index (χ2v) is 3.84. The van der Waals surface area contributed by atoms with Crippen LogP contribution in [0.3, 0.4) is 0 Å². The molecule has 1 aliphatic rings. The molecule has 76 valence electrons. The molecule has 0 aromatic heterocycles. The maximum absolute atomic E-state index is 5.45. The first-order valence-electron chi connectivity index (χ1n) is 5.05. The van der Waals surface area contributed by atoms with E-state index in [2.05, 4.69) is 31.2 Å². The Morgan fingerprint density at radius 3 is 2.21 bits per heavy atom. The van der Waals surface area contributed by atoms with E-state index in [0.29, 0.717) is 5.92 Å². The van der Waals surface area contributed by atoms with Crippen LogP contribution in [0.4, 0.5) is 0 Å². The van der Waals surface area contributed by atoms with Gasteiger partial charge < -0.3 is 9.47 Å².